The number of nitriles is 1. The molecule has 2 heteroatoms. The summed E-state index contributed by atoms with van der Waals surface area (Å²) in [6.07, 6.45) is 0.796. The molecule has 2 rings (SSSR count). The van der Waals surface area contributed by atoms with Crippen LogP contribution in [0.1, 0.15) is 12.0 Å². The van der Waals surface area contributed by atoms with Gasteiger partial charge in [-0.15, -0.1) is 0 Å². The number of nitrogens with zero attached hydrogens (tertiary/aromatic N) is 1. The summed E-state index contributed by atoms with van der Waals surface area (Å²) in [5.41, 5.74) is 0.646. The van der Waals surface area contributed by atoms with Gasteiger partial charge in [-0.2, -0.15) is 5.26 Å². The van der Waals surface area contributed by atoms with Gasteiger partial charge in [0.25, 0.3) is 0 Å². The Morgan fingerprint density at radius 3 is 2.62 bits per heavy atom. The largest absolute Gasteiger partial charge is 0.396 e. The summed E-state index contributed by atoms with van der Waals surface area (Å²) in [4.78, 5) is 0. The van der Waals surface area contributed by atoms with Gasteiger partial charge in [-0.25, -0.2) is 0 Å². The number of hydrogen-bond acceptors (Lipinski definition) is 2. The van der Waals surface area contributed by atoms with E-state index in [0.717, 1.165) is 12.0 Å². The first kappa shape index (κ1) is 8.28. The Bertz CT molecular complexity index is 341. The summed E-state index contributed by atoms with van der Waals surface area (Å²) in [6, 6.07) is 12.0. The van der Waals surface area contributed by atoms with Crippen LogP contribution in [0.3, 0.4) is 0 Å². The molecule has 0 radical (unpaired) electrons. The smallest absolute Gasteiger partial charge is 0.0877 e. The first-order valence-corrected chi connectivity index (χ1v) is 4.41. The highest BCUT2D eigenvalue weighted by Gasteiger charge is 2.55. The zero-order chi connectivity index (χ0) is 9.31. The highest BCUT2D eigenvalue weighted by atomic mass is 16.3. The topological polar surface area (TPSA) is 44.0 Å². The first-order chi connectivity index (χ1) is 6.33. The van der Waals surface area contributed by atoms with E-state index in [1.165, 1.54) is 0 Å². The lowest BCUT2D eigenvalue weighted by Gasteiger charge is -2.06. The Balaban J connectivity index is 2.32. The molecule has 1 aliphatic carbocycles. The summed E-state index contributed by atoms with van der Waals surface area (Å²) in [6.45, 7) is 0.114. The van der Waals surface area contributed by atoms with Crippen LogP contribution >= 0.6 is 0 Å². The molecule has 0 spiro atoms. The van der Waals surface area contributed by atoms with Gasteiger partial charge in [0.2, 0.25) is 0 Å². The third kappa shape index (κ3) is 1.13. The van der Waals surface area contributed by atoms with Crippen molar-refractivity contribution in [2.45, 2.75) is 11.8 Å². The first-order valence-electron chi connectivity index (χ1n) is 4.41. The lowest BCUT2D eigenvalue weighted by Crippen LogP contribution is -2.08. The van der Waals surface area contributed by atoms with E-state index in [0.29, 0.717) is 0 Å². The van der Waals surface area contributed by atoms with E-state index < -0.39 is 5.41 Å². The van der Waals surface area contributed by atoms with Gasteiger partial charge >= 0.3 is 0 Å². The van der Waals surface area contributed by atoms with Crippen molar-refractivity contribution in [2.24, 2.45) is 5.92 Å². The predicted octanol–water partition coefficient (Wildman–Crippen LogP) is 1.46. The lowest BCUT2D eigenvalue weighted by molar-refractivity contribution is 0.269. The van der Waals surface area contributed by atoms with E-state index in [9.17, 15) is 0 Å². The Labute approximate surface area is 77.4 Å². The fourth-order valence-corrected chi connectivity index (χ4v) is 1.84. The second kappa shape index (κ2) is 2.86. The molecule has 66 valence electrons. The van der Waals surface area contributed by atoms with Crippen LogP contribution in [0.25, 0.3) is 0 Å². The molecule has 0 saturated heterocycles. The average Bonchev–Trinajstić information content (AvgIpc) is 2.94. The Hall–Kier alpha value is -1.33. The van der Waals surface area contributed by atoms with Crippen LogP contribution in [-0.4, -0.2) is 11.7 Å². The van der Waals surface area contributed by atoms with E-state index in [1.54, 1.807) is 0 Å². The third-order valence-corrected chi connectivity index (χ3v) is 2.81. The van der Waals surface area contributed by atoms with Crippen molar-refractivity contribution in [1.82, 2.24) is 0 Å². The quantitative estimate of drug-likeness (QED) is 0.735. The zero-order valence-electron chi connectivity index (χ0n) is 7.27. The van der Waals surface area contributed by atoms with Gasteiger partial charge in [-0.1, -0.05) is 30.3 Å². The van der Waals surface area contributed by atoms with Gasteiger partial charge in [0.1, 0.15) is 0 Å². The molecule has 0 amide bonds. The number of aliphatic hydroxyl groups excluding tert-OH is 1. The highest BCUT2D eigenvalue weighted by Crippen LogP contribution is 2.53. The van der Waals surface area contributed by atoms with Crippen LogP contribution in [0.2, 0.25) is 0 Å². The average molecular weight is 173 g/mol. The fourth-order valence-electron chi connectivity index (χ4n) is 1.84. The lowest BCUT2D eigenvalue weighted by atomic mass is 9.95. The molecule has 1 aromatic rings. The van der Waals surface area contributed by atoms with Gasteiger partial charge in [0.05, 0.1) is 11.5 Å². The normalized spacial score (nSPS) is 30.9. The van der Waals surface area contributed by atoms with E-state index in [4.69, 9.17) is 10.4 Å². The highest BCUT2D eigenvalue weighted by molar-refractivity contribution is 5.41. The van der Waals surface area contributed by atoms with Crippen molar-refractivity contribution in [3.05, 3.63) is 35.9 Å². The van der Waals surface area contributed by atoms with Crippen molar-refractivity contribution >= 4 is 0 Å². The molecule has 1 aliphatic rings. The van der Waals surface area contributed by atoms with Crippen LogP contribution in [0.5, 0.6) is 0 Å². The summed E-state index contributed by atoms with van der Waals surface area (Å²) in [7, 11) is 0. The number of hydrogen-bond donors (Lipinski definition) is 1. The van der Waals surface area contributed by atoms with Crippen LogP contribution in [-0.2, 0) is 5.41 Å². The van der Waals surface area contributed by atoms with Gasteiger partial charge in [0, 0.05) is 12.5 Å². The number of rotatable bonds is 2. The molecule has 0 aliphatic heterocycles. The molecule has 2 atom stereocenters. The van der Waals surface area contributed by atoms with E-state index in [1.807, 2.05) is 30.3 Å². The maximum Gasteiger partial charge on any atom is 0.0877 e. The minimum absolute atomic E-state index is 0.114. The molecule has 1 unspecified atom stereocenters. The molecule has 13 heavy (non-hydrogen) atoms. The molecule has 1 aromatic carbocycles. The summed E-state index contributed by atoms with van der Waals surface area (Å²) in [5, 5.41) is 18.0. The van der Waals surface area contributed by atoms with Crippen LogP contribution in [0.4, 0.5) is 0 Å². The molecule has 1 N–H and O–H groups in total. The van der Waals surface area contributed by atoms with Gasteiger partial charge in [-0.05, 0) is 12.0 Å². The Kier molecular flexibility index (Phi) is 1.82. The second-order valence-corrected chi connectivity index (χ2v) is 3.53. The second-order valence-electron chi connectivity index (χ2n) is 3.53. The van der Waals surface area contributed by atoms with E-state index in [-0.39, 0.29) is 12.5 Å². The maximum absolute atomic E-state index is 9.05. The minimum Gasteiger partial charge on any atom is -0.396 e. The summed E-state index contributed by atoms with van der Waals surface area (Å²) >= 11 is 0. The molecule has 0 aromatic heterocycles. The van der Waals surface area contributed by atoms with Gasteiger partial charge in [0.15, 0.2) is 0 Å². The minimum atomic E-state index is -0.393. The molecular formula is C11H11NO. The fraction of sp³-hybridized carbons (Fsp3) is 0.364. The molecule has 0 heterocycles. The van der Waals surface area contributed by atoms with Gasteiger partial charge in [-0.3, -0.25) is 0 Å². The van der Waals surface area contributed by atoms with E-state index in [2.05, 4.69) is 6.07 Å². The van der Waals surface area contributed by atoms with E-state index >= 15 is 0 Å². The zero-order valence-corrected chi connectivity index (χ0v) is 7.27. The van der Waals surface area contributed by atoms with Crippen molar-refractivity contribution in [3.8, 4) is 6.07 Å². The van der Waals surface area contributed by atoms with Crippen molar-refractivity contribution in [3.63, 3.8) is 0 Å². The molecule has 2 nitrogen and oxygen atoms in total. The monoisotopic (exact) mass is 173 g/mol. The van der Waals surface area contributed by atoms with Crippen LogP contribution < -0.4 is 0 Å². The molecule has 1 saturated carbocycles. The van der Waals surface area contributed by atoms with Crippen molar-refractivity contribution in [2.75, 3.05) is 6.61 Å². The number of aliphatic hydroxyl groups is 1. The molecule has 0 bridgehead atoms. The van der Waals surface area contributed by atoms with Gasteiger partial charge < -0.3 is 5.11 Å². The predicted molar refractivity (Wildman–Crippen MR) is 48.9 cm³/mol. The Morgan fingerprint density at radius 1 is 1.46 bits per heavy atom. The molecular weight excluding hydrogens is 162 g/mol. The Morgan fingerprint density at radius 2 is 2.15 bits per heavy atom. The van der Waals surface area contributed by atoms with Crippen LogP contribution in [0.15, 0.2) is 30.3 Å². The van der Waals surface area contributed by atoms with Crippen molar-refractivity contribution in [1.29, 1.82) is 5.26 Å². The standard InChI is InChI=1S/C11H11NO/c12-8-11(6-10(11)7-13)9-4-2-1-3-5-9/h1-5,10,13H,6-7H2/t10?,11-/m0/s1. The number of benzene rings is 1. The van der Waals surface area contributed by atoms with Crippen molar-refractivity contribution < 1.29 is 5.11 Å². The van der Waals surface area contributed by atoms with Crippen LogP contribution in [0, 0.1) is 17.2 Å². The maximum atomic E-state index is 9.05. The SMILES string of the molecule is N#C[C@]1(c2ccccc2)CC1CO. The third-order valence-electron chi connectivity index (χ3n) is 2.81. The summed E-state index contributed by atoms with van der Waals surface area (Å²) in [5.74, 6) is 0.139. The molecule has 1 fully saturated rings. The summed E-state index contributed by atoms with van der Waals surface area (Å²) < 4.78 is 0.